The van der Waals surface area contributed by atoms with Crippen LogP contribution in [0.5, 0.6) is 0 Å². The summed E-state index contributed by atoms with van der Waals surface area (Å²) in [4.78, 5) is 14.1. The van der Waals surface area contributed by atoms with Crippen molar-refractivity contribution in [3.05, 3.63) is 34.6 Å². The van der Waals surface area contributed by atoms with Crippen LogP contribution in [0.4, 0.5) is 4.39 Å². The van der Waals surface area contributed by atoms with E-state index in [9.17, 15) is 17.6 Å². The minimum Gasteiger partial charge on any atom is -0.338 e. The zero-order valence-corrected chi connectivity index (χ0v) is 14.0. The van der Waals surface area contributed by atoms with Crippen LogP contribution < -0.4 is 0 Å². The maximum atomic E-state index is 13.8. The molecule has 0 N–H and O–H groups in total. The summed E-state index contributed by atoms with van der Waals surface area (Å²) in [7, 11) is -3.08. The SMILES string of the molecule is CCCN(C(=O)Cc1c(F)cccc1Cl)[C@H]1CCS(=O)(=O)C1. The van der Waals surface area contributed by atoms with Crippen LogP contribution in [0.25, 0.3) is 0 Å². The molecule has 1 aromatic rings. The highest BCUT2D eigenvalue weighted by atomic mass is 35.5. The van der Waals surface area contributed by atoms with Crippen molar-refractivity contribution in [1.29, 1.82) is 0 Å². The van der Waals surface area contributed by atoms with Crippen molar-refractivity contribution >= 4 is 27.3 Å². The number of hydrogen-bond donors (Lipinski definition) is 0. The molecule has 4 nitrogen and oxygen atoms in total. The minimum absolute atomic E-state index is 0.0102. The molecule has 0 aromatic heterocycles. The molecule has 1 fully saturated rings. The fraction of sp³-hybridized carbons (Fsp3) is 0.533. The van der Waals surface area contributed by atoms with E-state index in [2.05, 4.69) is 0 Å². The average molecular weight is 348 g/mol. The highest BCUT2D eigenvalue weighted by Crippen LogP contribution is 2.23. The summed E-state index contributed by atoms with van der Waals surface area (Å²) < 4.78 is 37.0. The molecule has 1 saturated heterocycles. The summed E-state index contributed by atoms with van der Waals surface area (Å²) in [6, 6.07) is 3.97. The van der Waals surface area contributed by atoms with Crippen molar-refractivity contribution in [2.45, 2.75) is 32.2 Å². The standard InChI is InChI=1S/C15H19ClFNO3S/c1-2-7-18(11-6-8-22(20,21)10-11)15(19)9-12-13(16)4-3-5-14(12)17/h3-5,11H,2,6-10H2,1H3/t11-/m0/s1. The average Bonchev–Trinajstić information content (AvgIpc) is 2.80. The Balaban J connectivity index is 2.17. The Labute approximate surface area is 135 Å². The Bertz CT molecular complexity index is 643. The van der Waals surface area contributed by atoms with E-state index in [0.717, 1.165) is 0 Å². The van der Waals surface area contributed by atoms with E-state index in [1.54, 1.807) is 4.90 Å². The molecule has 0 bridgehead atoms. The van der Waals surface area contributed by atoms with Crippen molar-refractivity contribution in [3.63, 3.8) is 0 Å². The molecular formula is C15H19ClFNO3S. The van der Waals surface area contributed by atoms with Crippen molar-refractivity contribution in [2.75, 3.05) is 18.1 Å². The molecule has 0 saturated carbocycles. The van der Waals surface area contributed by atoms with E-state index >= 15 is 0 Å². The van der Waals surface area contributed by atoms with Crippen LogP contribution in [0.2, 0.25) is 5.02 Å². The molecule has 1 atom stereocenters. The highest BCUT2D eigenvalue weighted by molar-refractivity contribution is 7.91. The van der Waals surface area contributed by atoms with Gasteiger partial charge in [0, 0.05) is 23.2 Å². The molecule has 0 aliphatic carbocycles. The molecule has 7 heteroatoms. The van der Waals surface area contributed by atoms with Crippen molar-refractivity contribution in [1.82, 2.24) is 4.90 Å². The molecule has 22 heavy (non-hydrogen) atoms. The summed E-state index contributed by atoms with van der Waals surface area (Å²) in [5, 5.41) is 0.212. The van der Waals surface area contributed by atoms with Gasteiger partial charge in [-0.3, -0.25) is 4.79 Å². The van der Waals surface area contributed by atoms with E-state index < -0.39 is 15.7 Å². The third-order valence-electron chi connectivity index (χ3n) is 3.82. The van der Waals surface area contributed by atoms with Gasteiger partial charge in [-0.15, -0.1) is 0 Å². The smallest absolute Gasteiger partial charge is 0.227 e. The van der Waals surface area contributed by atoms with Crippen LogP contribution in [-0.2, 0) is 21.1 Å². The van der Waals surface area contributed by atoms with Crippen LogP contribution in [0.1, 0.15) is 25.3 Å². The van der Waals surface area contributed by atoms with E-state index in [-0.39, 0.29) is 40.5 Å². The Kier molecular flexibility index (Phi) is 5.45. The number of halogens is 2. The second-order valence-electron chi connectivity index (χ2n) is 5.52. The zero-order chi connectivity index (χ0) is 16.3. The van der Waals surface area contributed by atoms with Gasteiger partial charge in [-0.05, 0) is 25.0 Å². The first-order chi connectivity index (χ1) is 10.3. The number of sulfone groups is 1. The molecule has 1 heterocycles. The summed E-state index contributed by atoms with van der Waals surface area (Å²) in [6.07, 6.45) is 1.01. The lowest BCUT2D eigenvalue weighted by Gasteiger charge is -2.28. The zero-order valence-electron chi connectivity index (χ0n) is 12.4. The number of rotatable bonds is 5. The van der Waals surface area contributed by atoms with Gasteiger partial charge in [0.15, 0.2) is 9.84 Å². The lowest BCUT2D eigenvalue weighted by molar-refractivity contribution is -0.132. The molecule has 1 aliphatic rings. The fourth-order valence-electron chi connectivity index (χ4n) is 2.73. The number of carbonyl (C=O) groups is 1. The van der Waals surface area contributed by atoms with Crippen LogP contribution >= 0.6 is 11.6 Å². The van der Waals surface area contributed by atoms with Gasteiger partial charge in [-0.2, -0.15) is 0 Å². The van der Waals surface area contributed by atoms with E-state index in [0.29, 0.717) is 19.4 Å². The molecule has 0 unspecified atom stereocenters. The van der Waals surface area contributed by atoms with Crippen molar-refractivity contribution in [2.24, 2.45) is 0 Å². The maximum absolute atomic E-state index is 13.8. The van der Waals surface area contributed by atoms with Gasteiger partial charge in [0.1, 0.15) is 5.82 Å². The summed E-state index contributed by atoms with van der Waals surface area (Å²) >= 11 is 5.95. The minimum atomic E-state index is -3.08. The third kappa shape index (κ3) is 3.98. The van der Waals surface area contributed by atoms with Gasteiger partial charge in [0.05, 0.1) is 17.9 Å². The first-order valence-electron chi connectivity index (χ1n) is 7.27. The first-order valence-corrected chi connectivity index (χ1v) is 9.46. The monoisotopic (exact) mass is 347 g/mol. The van der Waals surface area contributed by atoms with E-state index in [1.807, 2.05) is 6.92 Å². The predicted molar refractivity (Wildman–Crippen MR) is 84.2 cm³/mol. The second kappa shape index (κ2) is 6.96. The lowest BCUT2D eigenvalue weighted by atomic mass is 10.1. The molecule has 1 aliphatic heterocycles. The molecule has 0 radical (unpaired) electrons. The van der Waals surface area contributed by atoms with Crippen LogP contribution in [-0.4, -0.2) is 43.3 Å². The Morgan fingerprint density at radius 3 is 2.73 bits per heavy atom. The van der Waals surface area contributed by atoms with Gasteiger partial charge >= 0.3 is 0 Å². The number of amides is 1. The topological polar surface area (TPSA) is 54.5 Å². The summed E-state index contributed by atoms with van der Waals surface area (Å²) in [5.41, 5.74) is 0.163. The fourth-order valence-corrected chi connectivity index (χ4v) is 4.69. The van der Waals surface area contributed by atoms with Crippen LogP contribution in [0.3, 0.4) is 0 Å². The Morgan fingerprint density at radius 1 is 1.45 bits per heavy atom. The molecular weight excluding hydrogens is 329 g/mol. The molecule has 2 rings (SSSR count). The predicted octanol–water partition coefficient (Wildman–Crippen LogP) is 2.45. The van der Waals surface area contributed by atoms with Gasteiger partial charge in [-0.25, -0.2) is 12.8 Å². The second-order valence-corrected chi connectivity index (χ2v) is 8.16. The molecule has 122 valence electrons. The molecule has 1 aromatic carbocycles. The molecule has 0 spiro atoms. The Morgan fingerprint density at radius 2 is 2.18 bits per heavy atom. The first kappa shape index (κ1) is 17.2. The van der Waals surface area contributed by atoms with Gasteiger partial charge in [-0.1, -0.05) is 24.6 Å². The quantitative estimate of drug-likeness (QED) is 0.822. The largest absolute Gasteiger partial charge is 0.338 e. The Hall–Kier alpha value is -1.14. The van der Waals surface area contributed by atoms with E-state index in [4.69, 9.17) is 11.6 Å². The summed E-state index contributed by atoms with van der Waals surface area (Å²) in [5.74, 6) is -0.706. The van der Waals surface area contributed by atoms with Gasteiger partial charge < -0.3 is 4.90 Å². The van der Waals surface area contributed by atoms with Crippen LogP contribution in [0.15, 0.2) is 18.2 Å². The van der Waals surface area contributed by atoms with Crippen molar-refractivity contribution < 1.29 is 17.6 Å². The van der Waals surface area contributed by atoms with Gasteiger partial charge in [0.2, 0.25) is 5.91 Å². The highest BCUT2D eigenvalue weighted by Gasteiger charge is 2.34. The molecule has 1 amide bonds. The lowest BCUT2D eigenvalue weighted by Crippen LogP contribution is -2.42. The van der Waals surface area contributed by atoms with Gasteiger partial charge in [0.25, 0.3) is 0 Å². The number of hydrogen-bond acceptors (Lipinski definition) is 3. The number of benzene rings is 1. The number of carbonyl (C=O) groups excluding carboxylic acids is 1. The number of nitrogens with zero attached hydrogens (tertiary/aromatic N) is 1. The maximum Gasteiger partial charge on any atom is 0.227 e. The van der Waals surface area contributed by atoms with Crippen molar-refractivity contribution in [3.8, 4) is 0 Å². The van der Waals surface area contributed by atoms with Crippen LogP contribution in [0, 0.1) is 5.82 Å². The summed E-state index contributed by atoms with van der Waals surface area (Å²) in [6.45, 7) is 2.38. The normalized spacial score (nSPS) is 20.0. The third-order valence-corrected chi connectivity index (χ3v) is 5.93. The van der Waals surface area contributed by atoms with E-state index in [1.165, 1.54) is 18.2 Å².